The van der Waals surface area contributed by atoms with Gasteiger partial charge in [-0.25, -0.2) is 17.5 Å². The molecule has 1 aromatic carbocycles. The number of halogens is 1. The lowest BCUT2D eigenvalue weighted by molar-refractivity contribution is 0.521. The number of aryl methyl sites for hydroxylation is 1. The molecule has 3 N–H and O–H groups in total. The minimum absolute atomic E-state index is 0.200. The van der Waals surface area contributed by atoms with Crippen LogP contribution in [0.4, 0.5) is 10.1 Å². The molecule has 0 aliphatic carbocycles. The van der Waals surface area contributed by atoms with E-state index in [1.54, 1.807) is 6.92 Å². The van der Waals surface area contributed by atoms with Crippen LogP contribution in [0.1, 0.15) is 25.8 Å². The van der Waals surface area contributed by atoms with Gasteiger partial charge in [-0.15, -0.1) is 0 Å². The van der Waals surface area contributed by atoms with Crippen LogP contribution in [0.5, 0.6) is 0 Å². The third-order valence-electron chi connectivity index (χ3n) is 2.93. The number of rotatable bonds is 5. The van der Waals surface area contributed by atoms with Gasteiger partial charge in [-0.3, -0.25) is 0 Å². The molecule has 0 bridgehead atoms. The molecule has 0 saturated carbocycles. The summed E-state index contributed by atoms with van der Waals surface area (Å²) in [5.41, 5.74) is 6.40. The van der Waals surface area contributed by atoms with Crippen molar-refractivity contribution < 1.29 is 12.8 Å². The molecule has 0 aliphatic rings. The SMILES string of the molecule is CCC(C)CNS(=O)(=O)c1cc(N)c(C)cc1F. The quantitative estimate of drug-likeness (QED) is 0.807. The van der Waals surface area contributed by atoms with Crippen molar-refractivity contribution in [3.05, 3.63) is 23.5 Å². The molecule has 1 unspecified atom stereocenters. The number of anilines is 1. The number of sulfonamides is 1. The molecular weight excluding hydrogens is 255 g/mol. The topological polar surface area (TPSA) is 72.2 Å². The predicted molar refractivity (Wildman–Crippen MR) is 70.2 cm³/mol. The van der Waals surface area contributed by atoms with Gasteiger partial charge < -0.3 is 5.73 Å². The van der Waals surface area contributed by atoms with Crippen LogP contribution >= 0.6 is 0 Å². The van der Waals surface area contributed by atoms with Crippen molar-refractivity contribution in [3.8, 4) is 0 Å². The maximum absolute atomic E-state index is 13.7. The van der Waals surface area contributed by atoms with Crippen LogP contribution in [0.15, 0.2) is 17.0 Å². The molecule has 1 aromatic rings. The molecule has 0 saturated heterocycles. The Bertz CT molecular complexity index is 529. The van der Waals surface area contributed by atoms with Crippen molar-refractivity contribution in [2.45, 2.75) is 32.1 Å². The lowest BCUT2D eigenvalue weighted by atomic mass is 10.1. The molecule has 0 radical (unpaired) electrons. The summed E-state index contributed by atoms with van der Waals surface area (Å²) in [6.45, 7) is 5.79. The summed E-state index contributed by atoms with van der Waals surface area (Å²) in [4.78, 5) is -0.395. The Hall–Kier alpha value is -1.14. The monoisotopic (exact) mass is 274 g/mol. The Morgan fingerprint density at radius 3 is 2.61 bits per heavy atom. The summed E-state index contributed by atoms with van der Waals surface area (Å²) in [7, 11) is -3.84. The van der Waals surface area contributed by atoms with E-state index >= 15 is 0 Å². The maximum Gasteiger partial charge on any atom is 0.243 e. The van der Waals surface area contributed by atoms with Crippen molar-refractivity contribution >= 4 is 15.7 Å². The molecule has 0 heterocycles. The van der Waals surface area contributed by atoms with Crippen LogP contribution in [0.2, 0.25) is 0 Å². The second-order valence-electron chi connectivity index (χ2n) is 4.50. The Morgan fingerprint density at radius 1 is 1.44 bits per heavy atom. The molecule has 4 nitrogen and oxygen atoms in total. The summed E-state index contributed by atoms with van der Waals surface area (Å²) in [5.74, 6) is -0.580. The highest BCUT2D eigenvalue weighted by atomic mass is 32.2. The summed E-state index contributed by atoms with van der Waals surface area (Å²) in [6.07, 6.45) is 0.848. The summed E-state index contributed by atoms with van der Waals surface area (Å²) >= 11 is 0. The van der Waals surface area contributed by atoms with E-state index in [0.717, 1.165) is 18.6 Å². The van der Waals surface area contributed by atoms with Gasteiger partial charge in [-0.05, 0) is 30.5 Å². The van der Waals surface area contributed by atoms with Crippen LogP contribution < -0.4 is 10.5 Å². The van der Waals surface area contributed by atoms with Crippen LogP contribution in [-0.4, -0.2) is 15.0 Å². The van der Waals surface area contributed by atoms with Gasteiger partial charge >= 0.3 is 0 Å². The average molecular weight is 274 g/mol. The number of hydrogen-bond acceptors (Lipinski definition) is 3. The van der Waals surface area contributed by atoms with E-state index in [0.29, 0.717) is 5.56 Å². The zero-order valence-electron chi connectivity index (χ0n) is 10.8. The first-order valence-electron chi connectivity index (χ1n) is 5.83. The number of benzene rings is 1. The fraction of sp³-hybridized carbons (Fsp3) is 0.500. The minimum Gasteiger partial charge on any atom is -0.398 e. The van der Waals surface area contributed by atoms with Gasteiger partial charge in [-0.2, -0.15) is 0 Å². The van der Waals surface area contributed by atoms with Gasteiger partial charge in [0, 0.05) is 12.2 Å². The van der Waals surface area contributed by atoms with E-state index in [4.69, 9.17) is 5.73 Å². The van der Waals surface area contributed by atoms with E-state index < -0.39 is 20.7 Å². The average Bonchev–Trinajstić information content (AvgIpc) is 2.30. The molecule has 0 fully saturated rings. The molecule has 102 valence electrons. The highest BCUT2D eigenvalue weighted by Gasteiger charge is 2.20. The Labute approximate surface area is 107 Å². The van der Waals surface area contributed by atoms with Gasteiger partial charge in [0.05, 0.1) is 0 Å². The van der Waals surface area contributed by atoms with Crippen molar-refractivity contribution in [3.63, 3.8) is 0 Å². The fourth-order valence-corrected chi connectivity index (χ4v) is 2.61. The zero-order chi connectivity index (χ0) is 13.9. The Morgan fingerprint density at radius 2 is 2.06 bits per heavy atom. The number of nitrogens with one attached hydrogen (secondary N) is 1. The summed E-state index contributed by atoms with van der Waals surface area (Å²) < 4.78 is 39.9. The highest BCUT2D eigenvalue weighted by Crippen LogP contribution is 2.21. The third-order valence-corrected chi connectivity index (χ3v) is 4.37. The smallest absolute Gasteiger partial charge is 0.243 e. The minimum atomic E-state index is -3.84. The van der Waals surface area contributed by atoms with E-state index in [1.165, 1.54) is 0 Å². The molecule has 1 rings (SSSR count). The van der Waals surface area contributed by atoms with Crippen LogP contribution in [0, 0.1) is 18.7 Å². The van der Waals surface area contributed by atoms with Gasteiger partial charge in [-0.1, -0.05) is 20.3 Å². The standard InChI is InChI=1S/C12H19FN2O2S/c1-4-8(2)7-15-18(16,17)12-6-11(14)9(3)5-10(12)13/h5-6,8,15H,4,7,14H2,1-3H3. The van der Waals surface area contributed by atoms with Crippen molar-refractivity contribution in [1.82, 2.24) is 4.72 Å². The van der Waals surface area contributed by atoms with Crippen LogP contribution in [-0.2, 0) is 10.0 Å². The molecule has 0 amide bonds. The normalized spacial score (nSPS) is 13.6. The maximum atomic E-state index is 13.7. The van der Waals surface area contributed by atoms with Crippen LogP contribution in [0.25, 0.3) is 0 Å². The fourth-order valence-electron chi connectivity index (χ4n) is 1.35. The predicted octanol–water partition coefficient (Wildman–Crippen LogP) is 2.04. The van der Waals surface area contributed by atoms with Gasteiger partial charge in [0.25, 0.3) is 0 Å². The van der Waals surface area contributed by atoms with Crippen molar-refractivity contribution in [2.75, 3.05) is 12.3 Å². The second-order valence-corrected chi connectivity index (χ2v) is 6.24. The van der Waals surface area contributed by atoms with E-state index in [1.807, 2.05) is 13.8 Å². The van der Waals surface area contributed by atoms with E-state index in [-0.39, 0.29) is 18.2 Å². The van der Waals surface area contributed by atoms with Crippen molar-refractivity contribution in [1.29, 1.82) is 0 Å². The van der Waals surface area contributed by atoms with Gasteiger partial charge in [0.15, 0.2) is 0 Å². The van der Waals surface area contributed by atoms with Gasteiger partial charge in [0.1, 0.15) is 10.7 Å². The Balaban J connectivity index is 3.02. The van der Waals surface area contributed by atoms with E-state index in [2.05, 4.69) is 4.72 Å². The molecule has 6 heteroatoms. The molecule has 0 aliphatic heterocycles. The first-order chi connectivity index (χ1) is 8.27. The molecule has 0 aromatic heterocycles. The highest BCUT2D eigenvalue weighted by molar-refractivity contribution is 7.89. The van der Waals surface area contributed by atoms with Crippen molar-refractivity contribution in [2.24, 2.45) is 5.92 Å². The Kier molecular flexibility index (Phi) is 4.70. The molecular formula is C12H19FN2O2S. The lowest BCUT2D eigenvalue weighted by Crippen LogP contribution is -2.29. The largest absolute Gasteiger partial charge is 0.398 e. The molecule has 18 heavy (non-hydrogen) atoms. The lowest BCUT2D eigenvalue weighted by Gasteiger charge is -2.12. The number of nitrogens with two attached hydrogens (primary N) is 1. The summed E-state index contributed by atoms with van der Waals surface area (Å²) in [5, 5.41) is 0. The second kappa shape index (κ2) is 5.67. The number of hydrogen-bond donors (Lipinski definition) is 2. The first kappa shape index (κ1) is 14.9. The number of nitrogen functional groups attached to an aromatic ring is 1. The molecule has 1 atom stereocenters. The third kappa shape index (κ3) is 3.43. The van der Waals surface area contributed by atoms with Gasteiger partial charge in [0.2, 0.25) is 10.0 Å². The van der Waals surface area contributed by atoms with E-state index in [9.17, 15) is 12.8 Å². The van der Waals surface area contributed by atoms with Crippen LogP contribution in [0.3, 0.4) is 0 Å². The molecule has 0 spiro atoms. The summed E-state index contributed by atoms with van der Waals surface area (Å²) in [6, 6.07) is 2.29. The zero-order valence-corrected chi connectivity index (χ0v) is 11.6. The first-order valence-corrected chi connectivity index (χ1v) is 7.31.